The van der Waals surface area contributed by atoms with Gasteiger partial charge in [-0.05, 0) is 48.5 Å². The van der Waals surface area contributed by atoms with Crippen molar-refractivity contribution in [1.82, 2.24) is 14.9 Å². The minimum atomic E-state index is -0.240. The molecular formula is C24H20N4O2. The fraction of sp³-hybridized carbons (Fsp3) is 0.0833. The van der Waals surface area contributed by atoms with E-state index in [1.54, 1.807) is 56.8 Å². The van der Waals surface area contributed by atoms with Crippen LogP contribution in [-0.4, -0.2) is 40.8 Å². The fourth-order valence-corrected chi connectivity index (χ4v) is 3.19. The van der Waals surface area contributed by atoms with Crippen LogP contribution in [-0.2, 0) is 0 Å². The van der Waals surface area contributed by atoms with Gasteiger partial charge in [-0.2, -0.15) is 0 Å². The number of benzene rings is 2. The molecule has 6 heteroatoms. The molecule has 148 valence electrons. The van der Waals surface area contributed by atoms with E-state index in [1.807, 2.05) is 36.4 Å². The minimum Gasteiger partial charge on any atom is -0.345 e. The molecule has 1 N–H and O–H groups in total. The lowest BCUT2D eigenvalue weighted by atomic mass is 10.0. The molecule has 0 atom stereocenters. The highest BCUT2D eigenvalue weighted by Crippen LogP contribution is 2.25. The van der Waals surface area contributed by atoms with Gasteiger partial charge in [0.05, 0.1) is 16.8 Å². The zero-order chi connectivity index (χ0) is 21.1. The number of carbonyl (C=O) groups excluding carboxylic acids is 2. The van der Waals surface area contributed by atoms with Crippen LogP contribution in [0.1, 0.15) is 20.7 Å². The second-order valence-electron chi connectivity index (χ2n) is 7.04. The van der Waals surface area contributed by atoms with Crippen LogP contribution in [0.3, 0.4) is 0 Å². The van der Waals surface area contributed by atoms with Gasteiger partial charge in [0.25, 0.3) is 11.8 Å². The molecule has 2 amide bonds. The summed E-state index contributed by atoms with van der Waals surface area (Å²) in [6.45, 7) is 0. The third kappa shape index (κ3) is 3.89. The van der Waals surface area contributed by atoms with Gasteiger partial charge in [-0.1, -0.05) is 18.2 Å². The molecule has 0 radical (unpaired) electrons. The van der Waals surface area contributed by atoms with Gasteiger partial charge in [0.2, 0.25) is 0 Å². The maximum absolute atomic E-state index is 13.1. The van der Waals surface area contributed by atoms with Gasteiger partial charge in [-0.25, -0.2) is 4.98 Å². The average molecular weight is 396 g/mol. The van der Waals surface area contributed by atoms with Crippen LogP contribution in [0.5, 0.6) is 0 Å². The number of amides is 2. The molecule has 4 aromatic rings. The molecule has 30 heavy (non-hydrogen) atoms. The van der Waals surface area contributed by atoms with E-state index in [0.717, 1.165) is 16.5 Å². The first-order chi connectivity index (χ1) is 14.5. The molecule has 4 rings (SSSR count). The van der Waals surface area contributed by atoms with E-state index in [0.29, 0.717) is 22.5 Å². The van der Waals surface area contributed by atoms with E-state index in [9.17, 15) is 9.59 Å². The second kappa shape index (κ2) is 8.13. The third-order valence-electron chi connectivity index (χ3n) is 4.73. The van der Waals surface area contributed by atoms with Crippen LogP contribution in [0.2, 0.25) is 0 Å². The number of anilines is 1. The molecule has 0 bridgehead atoms. The number of hydrogen-bond donors (Lipinski definition) is 1. The van der Waals surface area contributed by atoms with Crippen molar-refractivity contribution >= 4 is 28.4 Å². The van der Waals surface area contributed by atoms with Crippen molar-refractivity contribution in [2.75, 3.05) is 19.4 Å². The molecule has 0 aliphatic carbocycles. The number of pyridine rings is 2. The van der Waals surface area contributed by atoms with Crippen LogP contribution in [0.15, 0.2) is 79.1 Å². The number of para-hydroxylation sites is 1. The molecule has 0 spiro atoms. The van der Waals surface area contributed by atoms with Gasteiger partial charge in [-0.3, -0.25) is 14.6 Å². The predicted molar refractivity (Wildman–Crippen MR) is 117 cm³/mol. The topological polar surface area (TPSA) is 75.2 Å². The normalized spacial score (nSPS) is 10.6. The van der Waals surface area contributed by atoms with Crippen molar-refractivity contribution < 1.29 is 9.59 Å². The molecule has 0 saturated carbocycles. The van der Waals surface area contributed by atoms with E-state index < -0.39 is 0 Å². The Bertz CT molecular complexity index is 1220. The summed E-state index contributed by atoms with van der Waals surface area (Å²) in [5.74, 6) is -0.328. The molecule has 2 heterocycles. The largest absolute Gasteiger partial charge is 0.345 e. The van der Waals surface area contributed by atoms with Gasteiger partial charge in [0.15, 0.2) is 0 Å². The van der Waals surface area contributed by atoms with E-state index >= 15 is 0 Å². The fourth-order valence-electron chi connectivity index (χ4n) is 3.19. The maximum Gasteiger partial charge on any atom is 0.256 e. The monoisotopic (exact) mass is 396 g/mol. The standard InChI is InChI=1S/C24H20N4O2/c1-28(2)24(30)17-7-9-18(10-8-17)26-23(29)20-15-22(16-11-13-25-14-12-16)27-21-6-4-3-5-19(20)21/h3-15H,1-2H3,(H,26,29). The van der Waals surface area contributed by atoms with E-state index in [1.165, 1.54) is 4.90 Å². The Balaban J connectivity index is 1.68. The van der Waals surface area contributed by atoms with Crippen molar-refractivity contribution in [2.45, 2.75) is 0 Å². The molecule has 0 saturated heterocycles. The molecular weight excluding hydrogens is 376 g/mol. The Labute approximate surface area is 174 Å². The van der Waals surface area contributed by atoms with Gasteiger partial charge < -0.3 is 10.2 Å². The van der Waals surface area contributed by atoms with Crippen LogP contribution >= 0.6 is 0 Å². The molecule has 0 fully saturated rings. The van der Waals surface area contributed by atoms with Crippen molar-refractivity contribution in [3.8, 4) is 11.3 Å². The quantitative estimate of drug-likeness (QED) is 0.560. The summed E-state index contributed by atoms with van der Waals surface area (Å²) in [5.41, 5.74) is 4.03. The second-order valence-corrected chi connectivity index (χ2v) is 7.04. The first-order valence-corrected chi connectivity index (χ1v) is 9.46. The third-order valence-corrected chi connectivity index (χ3v) is 4.73. The zero-order valence-electron chi connectivity index (χ0n) is 16.7. The maximum atomic E-state index is 13.1. The summed E-state index contributed by atoms with van der Waals surface area (Å²) < 4.78 is 0. The number of nitrogens with one attached hydrogen (secondary N) is 1. The lowest BCUT2D eigenvalue weighted by Crippen LogP contribution is -2.21. The number of aromatic nitrogens is 2. The van der Waals surface area contributed by atoms with E-state index in [4.69, 9.17) is 4.98 Å². The van der Waals surface area contributed by atoms with Gasteiger partial charge in [-0.15, -0.1) is 0 Å². The highest BCUT2D eigenvalue weighted by Gasteiger charge is 2.15. The molecule has 0 aliphatic rings. The zero-order valence-corrected chi connectivity index (χ0v) is 16.7. The predicted octanol–water partition coefficient (Wildman–Crippen LogP) is 4.25. The Morgan fingerprint density at radius 1 is 0.900 bits per heavy atom. The number of rotatable bonds is 4. The van der Waals surface area contributed by atoms with Crippen molar-refractivity contribution in [1.29, 1.82) is 0 Å². The van der Waals surface area contributed by atoms with Crippen molar-refractivity contribution in [3.63, 3.8) is 0 Å². The highest BCUT2D eigenvalue weighted by atomic mass is 16.2. The molecule has 2 aromatic heterocycles. The summed E-state index contributed by atoms with van der Waals surface area (Å²) in [6, 6.07) is 19.9. The minimum absolute atomic E-state index is 0.0880. The van der Waals surface area contributed by atoms with Crippen molar-refractivity contribution in [3.05, 3.63) is 90.3 Å². The molecule has 6 nitrogen and oxygen atoms in total. The molecule has 0 unspecified atom stereocenters. The summed E-state index contributed by atoms with van der Waals surface area (Å²) in [5, 5.41) is 3.69. The summed E-state index contributed by atoms with van der Waals surface area (Å²) in [6.07, 6.45) is 3.39. The highest BCUT2D eigenvalue weighted by molar-refractivity contribution is 6.13. The Morgan fingerprint density at radius 3 is 2.30 bits per heavy atom. The van der Waals surface area contributed by atoms with Crippen LogP contribution < -0.4 is 5.32 Å². The number of carbonyl (C=O) groups is 2. The summed E-state index contributed by atoms with van der Waals surface area (Å²) >= 11 is 0. The lowest BCUT2D eigenvalue weighted by molar-refractivity contribution is 0.0827. The first-order valence-electron chi connectivity index (χ1n) is 9.46. The van der Waals surface area contributed by atoms with E-state index in [2.05, 4.69) is 10.3 Å². The van der Waals surface area contributed by atoms with Crippen LogP contribution in [0.4, 0.5) is 5.69 Å². The lowest BCUT2D eigenvalue weighted by Gasteiger charge is -2.12. The van der Waals surface area contributed by atoms with Crippen LogP contribution in [0.25, 0.3) is 22.2 Å². The van der Waals surface area contributed by atoms with Gasteiger partial charge >= 0.3 is 0 Å². The van der Waals surface area contributed by atoms with Crippen LogP contribution in [0, 0.1) is 0 Å². The van der Waals surface area contributed by atoms with Gasteiger partial charge in [0, 0.05) is 48.7 Å². The Kier molecular flexibility index (Phi) is 5.22. The van der Waals surface area contributed by atoms with E-state index in [-0.39, 0.29) is 11.8 Å². The number of fused-ring (bicyclic) bond motifs is 1. The average Bonchev–Trinajstić information content (AvgIpc) is 2.78. The summed E-state index contributed by atoms with van der Waals surface area (Å²) in [4.78, 5) is 35.4. The Hall–Kier alpha value is -4.06. The summed E-state index contributed by atoms with van der Waals surface area (Å²) in [7, 11) is 3.40. The SMILES string of the molecule is CN(C)C(=O)c1ccc(NC(=O)c2cc(-c3ccncc3)nc3ccccc23)cc1. The van der Waals surface area contributed by atoms with Gasteiger partial charge in [0.1, 0.15) is 0 Å². The molecule has 2 aromatic carbocycles. The number of hydrogen-bond acceptors (Lipinski definition) is 4. The Morgan fingerprint density at radius 2 is 1.60 bits per heavy atom. The van der Waals surface area contributed by atoms with Crippen molar-refractivity contribution in [2.24, 2.45) is 0 Å². The number of nitrogens with zero attached hydrogens (tertiary/aromatic N) is 3. The molecule has 0 aliphatic heterocycles. The first kappa shape index (κ1) is 19.3. The smallest absolute Gasteiger partial charge is 0.256 e.